The van der Waals surface area contributed by atoms with E-state index in [2.05, 4.69) is 0 Å². The maximum atomic E-state index is 13.2. The van der Waals surface area contributed by atoms with E-state index < -0.39 is 11.6 Å². The van der Waals surface area contributed by atoms with Gasteiger partial charge in [-0.2, -0.15) is 0 Å². The molecule has 4 aromatic rings. The van der Waals surface area contributed by atoms with E-state index in [-0.39, 0.29) is 6.61 Å². The van der Waals surface area contributed by atoms with Crippen LogP contribution < -0.4 is 0 Å². The number of rotatable bonds is 6. The lowest BCUT2D eigenvalue weighted by atomic mass is 9.96. The van der Waals surface area contributed by atoms with Crippen molar-refractivity contribution in [2.75, 3.05) is 0 Å². The molecule has 0 aliphatic carbocycles. The van der Waals surface area contributed by atoms with Crippen molar-refractivity contribution in [3.8, 4) is 0 Å². The van der Waals surface area contributed by atoms with Crippen LogP contribution in [0.5, 0.6) is 0 Å². The van der Waals surface area contributed by atoms with Crippen molar-refractivity contribution >= 4 is 16.6 Å². The van der Waals surface area contributed by atoms with E-state index >= 15 is 0 Å². The Hall–Kier alpha value is -3.27. The number of carbonyl (C=O) groups excluding carboxylic acids is 1. The third kappa shape index (κ3) is 3.46. The Balaban J connectivity index is 1.71. The molecule has 28 heavy (non-hydrogen) atoms. The van der Waals surface area contributed by atoms with Crippen molar-refractivity contribution < 1.29 is 14.6 Å². The first-order valence-corrected chi connectivity index (χ1v) is 9.17. The minimum Gasteiger partial charge on any atom is -0.356 e. The highest BCUT2D eigenvalue weighted by molar-refractivity contribution is 6.01. The Bertz CT molecular complexity index is 1090. The predicted octanol–water partition coefficient (Wildman–Crippen LogP) is 5.08. The van der Waals surface area contributed by atoms with Crippen molar-refractivity contribution in [3.63, 3.8) is 0 Å². The molecule has 1 unspecified atom stereocenters. The molecule has 0 radical (unpaired) electrons. The van der Waals surface area contributed by atoms with Crippen molar-refractivity contribution in [1.29, 1.82) is 0 Å². The molecule has 0 saturated carbocycles. The molecule has 138 valence electrons. The Morgan fingerprint density at radius 1 is 0.750 bits per heavy atom. The van der Waals surface area contributed by atoms with E-state index in [1.165, 1.54) is 0 Å². The Labute approximate surface area is 163 Å². The van der Waals surface area contributed by atoms with Crippen LogP contribution in [0.2, 0.25) is 0 Å². The van der Waals surface area contributed by atoms with Gasteiger partial charge in [-0.25, -0.2) is 0 Å². The highest BCUT2D eigenvalue weighted by Crippen LogP contribution is 2.30. The smallest absolute Gasteiger partial charge is 0.259 e. The summed E-state index contributed by atoms with van der Waals surface area (Å²) in [6, 6.07) is 31.4. The van der Waals surface area contributed by atoms with Gasteiger partial charge >= 0.3 is 0 Å². The maximum absolute atomic E-state index is 13.2. The van der Waals surface area contributed by atoms with Crippen LogP contribution in [0.15, 0.2) is 103 Å². The van der Waals surface area contributed by atoms with Gasteiger partial charge in [-0.3, -0.25) is 4.79 Å². The fraction of sp³-hybridized carbons (Fsp3) is 0.0800. The normalized spacial score (nSPS) is 13.2. The summed E-state index contributed by atoms with van der Waals surface area (Å²) in [5.41, 5.74) is 1.71. The number of ketones is 1. The van der Waals surface area contributed by atoms with Crippen LogP contribution in [-0.4, -0.2) is 10.9 Å². The van der Waals surface area contributed by atoms with E-state index in [1.54, 1.807) is 48.5 Å². The molecular weight excluding hydrogens is 348 g/mol. The minimum atomic E-state index is -2.07. The lowest BCUT2D eigenvalue weighted by molar-refractivity contribution is -0.181. The number of aliphatic hydroxyl groups is 1. The first-order valence-electron chi connectivity index (χ1n) is 9.17. The Morgan fingerprint density at radius 3 is 2.11 bits per heavy atom. The zero-order valence-corrected chi connectivity index (χ0v) is 15.3. The number of benzene rings is 4. The van der Waals surface area contributed by atoms with Gasteiger partial charge in [0.2, 0.25) is 5.78 Å². The molecule has 0 fully saturated rings. The lowest BCUT2D eigenvalue weighted by Gasteiger charge is -2.27. The average Bonchev–Trinajstić information content (AvgIpc) is 2.78. The lowest BCUT2D eigenvalue weighted by Crippen LogP contribution is -2.38. The van der Waals surface area contributed by atoms with Crippen LogP contribution in [0.4, 0.5) is 0 Å². The van der Waals surface area contributed by atoms with Crippen molar-refractivity contribution in [3.05, 3.63) is 120 Å². The SMILES string of the molecule is O=C(c1ccccc1)C(O)(OCc1cccc2ccccc12)c1ccccc1. The molecule has 3 nitrogen and oxygen atoms in total. The summed E-state index contributed by atoms with van der Waals surface area (Å²) < 4.78 is 5.93. The molecule has 0 saturated heterocycles. The molecule has 0 spiro atoms. The van der Waals surface area contributed by atoms with E-state index in [1.807, 2.05) is 54.6 Å². The Morgan fingerprint density at radius 2 is 1.36 bits per heavy atom. The molecule has 4 rings (SSSR count). The van der Waals surface area contributed by atoms with Crippen molar-refractivity contribution in [2.45, 2.75) is 12.4 Å². The highest BCUT2D eigenvalue weighted by atomic mass is 16.6. The van der Waals surface area contributed by atoms with E-state index in [0.717, 1.165) is 16.3 Å². The van der Waals surface area contributed by atoms with Crippen LogP contribution in [0, 0.1) is 0 Å². The van der Waals surface area contributed by atoms with Crippen molar-refractivity contribution in [1.82, 2.24) is 0 Å². The largest absolute Gasteiger partial charge is 0.356 e. The van der Waals surface area contributed by atoms with Crippen LogP contribution >= 0.6 is 0 Å². The quantitative estimate of drug-likeness (QED) is 0.381. The van der Waals surface area contributed by atoms with Gasteiger partial charge < -0.3 is 9.84 Å². The molecule has 0 aromatic heterocycles. The summed E-state index contributed by atoms with van der Waals surface area (Å²) in [6.45, 7) is 0.103. The van der Waals surface area contributed by atoms with E-state index in [9.17, 15) is 9.90 Å². The molecule has 0 aliphatic heterocycles. The first kappa shape index (κ1) is 18.1. The number of hydrogen-bond acceptors (Lipinski definition) is 3. The topological polar surface area (TPSA) is 46.5 Å². The zero-order valence-electron chi connectivity index (χ0n) is 15.3. The fourth-order valence-corrected chi connectivity index (χ4v) is 3.33. The highest BCUT2D eigenvalue weighted by Gasteiger charge is 2.40. The second-order valence-electron chi connectivity index (χ2n) is 6.63. The van der Waals surface area contributed by atoms with Crippen LogP contribution in [-0.2, 0) is 17.1 Å². The van der Waals surface area contributed by atoms with Crippen molar-refractivity contribution in [2.24, 2.45) is 0 Å². The minimum absolute atomic E-state index is 0.103. The third-order valence-electron chi connectivity index (χ3n) is 4.83. The van der Waals surface area contributed by atoms with Gasteiger partial charge in [0.05, 0.1) is 6.61 Å². The van der Waals surface area contributed by atoms with Crippen LogP contribution in [0.3, 0.4) is 0 Å². The fourth-order valence-electron chi connectivity index (χ4n) is 3.33. The van der Waals surface area contributed by atoms with Crippen LogP contribution in [0.1, 0.15) is 21.5 Å². The molecule has 1 N–H and O–H groups in total. The summed E-state index contributed by atoms with van der Waals surface area (Å²) in [6.07, 6.45) is 0. The second-order valence-corrected chi connectivity index (χ2v) is 6.63. The monoisotopic (exact) mass is 368 g/mol. The predicted molar refractivity (Wildman–Crippen MR) is 110 cm³/mol. The second kappa shape index (κ2) is 7.77. The number of hydrogen-bond donors (Lipinski definition) is 1. The summed E-state index contributed by atoms with van der Waals surface area (Å²) in [4.78, 5) is 13.2. The van der Waals surface area contributed by atoms with E-state index in [0.29, 0.717) is 11.1 Å². The number of Topliss-reactive ketones (excluding diaryl/α,β-unsaturated/α-hetero) is 1. The molecule has 0 heterocycles. The van der Waals surface area contributed by atoms with Gasteiger partial charge in [-0.05, 0) is 16.3 Å². The molecule has 1 atom stereocenters. The summed E-state index contributed by atoms with van der Waals surface area (Å²) in [5, 5.41) is 13.5. The van der Waals surface area contributed by atoms with Gasteiger partial charge in [0.1, 0.15) is 0 Å². The molecule has 0 amide bonds. The summed E-state index contributed by atoms with van der Waals surface area (Å²) in [5.74, 6) is -2.56. The Kier molecular flexibility index (Phi) is 5.02. The molecule has 0 bridgehead atoms. The molecular formula is C25H20O3. The van der Waals surface area contributed by atoms with Crippen LogP contribution in [0.25, 0.3) is 10.8 Å². The molecule has 0 aliphatic rings. The zero-order chi connectivity index (χ0) is 19.4. The van der Waals surface area contributed by atoms with Gasteiger partial charge in [0, 0.05) is 11.1 Å². The standard InChI is InChI=1S/C25H20O3/c26-24(20-11-3-1-4-12-20)25(27,22-15-5-2-6-16-22)28-18-21-14-9-13-19-10-7-8-17-23(19)21/h1-17,27H,18H2. The van der Waals surface area contributed by atoms with Gasteiger partial charge in [0.15, 0.2) is 0 Å². The third-order valence-corrected chi connectivity index (χ3v) is 4.83. The van der Waals surface area contributed by atoms with Gasteiger partial charge in [-0.15, -0.1) is 0 Å². The first-order chi connectivity index (χ1) is 13.7. The maximum Gasteiger partial charge on any atom is 0.259 e. The number of carbonyl (C=O) groups is 1. The van der Waals surface area contributed by atoms with E-state index in [4.69, 9.17) is 4.74 Å². The van der Waals surface area contributed by atoms with Gasteiger partial charge in [-0.1, -0.05) is 103 Å². The summed E-state index contributed by atoms with van der Waals surface area (Å²) in [7, 11) is 0. The number of ether oxygens (including phenoxy) is 1. The summed E-state index contributed by atoms with van der Waals surface area (Å²) >= 11 is 0. The molecule has 3 heteroatoms. The average molecular weight is 368 g/mol. The molecule has 4 aromatic carbocycles. The number of fused-ring (bicyclic) bond motifs is 1. The van der Waals surface area contributed by atoms with Gasteiger partial charge in [0.25, 0.3) is 5.79 Å².